The smallest absolute Gasteiger partial charge is 0.426 e. The summed E-state index contributed by atoms with van der Waals surface area (Å²) in [6.07, 6.45) is -0.907. The van der Waals surface area contributed by atoms with Gasteiger partial charge in [-0.2, -0.15) is 0 Å². The lowest BCUT2D eigenvalue weighted by molar-refractivity contribution is 0.0505. The first kappa shape index (κ1) is 17.8. The number of hydrogen-bond acceptors (Lipinski definition) is 5. The zero-order chi connectivity index (χ0) is 17.0. The Morgan fingerprint density at radius 1 is 1.05 bits per heavy atom. The Morgan fingerprint density at radius 2 is 1.59 bits per heavy atom. The summed E-state index contributed by atoms with van der Waals surface area (Å²) < 4.78 is 30.5. The number of carbonyl (C=O) groups excluding carboxylic acids is 2. The van der Waals surface area contributed by atoms with Crippen LogP contribution in [0.1, 0.15) is 26.3 Å². The van der Waals surface area contributed by atoms with Crippen molar-refractivity contribution < 1.29 is 22.7 Å². The summed E-state index contributed by atoms with van der Waals surface area (Å²) in [5, 5.41) is 0. The molecule has 0 saturated heterocycles. The Bertz CT molecular complexity index is 647. The first-order chi connectivity index (χ1) is 9.99. The molecule has 0 unspecified atom stereocenters. The van der Waals surface area contributed by atoms with Crippen molar-refractivity contribution in [3.05, 3.63) is 29.8 Å². The highest BCUT2D eigenvalue weighted by Crippen LogP contribution is 2.09. The van der Waals surface area contributed by atoms with Crippen molar-refractivity contribution in [1.82, 2.24) is 15.6 Å². The Labute approximate surface area is 129 Å². The van der Waals surface area contributed by atoms with E-state index >= 15 is 0 Å². The van der Waals surface area contributed by atoms with Gasteiger partial charge in [0.1, 0.15) is 5.60 Å². The molecule has 0 fully saturated rings. The van der Waals surface area contributed by atoms with Crippen LogP contribution in [0.3, 0.4) is 0 Å². The van der Waals surface area contributed by atoms with E-state index in [0.717, 1.165) is 5.56 Å². The SMILES string of the molecule is Cc1ccc(S(=O)(=O)NC(=O)NNC(=O)OC(C)(C)C)cc1. The average Bonchev–Trinajstić information content (AvgIpc) is 2.34. The molecule has 0 aliphatic carbocycles. The maximum atomic E-state index is 11.9. The fourth-order valence-electron chi connectivity index (χ4n) is 1.34. The lowest BCUT2D eigenvalue weighted by Crippen LogP contribution is -2.49. The van der Waals surface area contributed by atoms with E-state index in [1.807, 2.05) is 10.9 Å². The second kappa shape index (κ2) is 6.65. The molecule has 3 N–H and O–H groups in total. The number of hydrogen-bond donors (Lipinski definition) is 3. The molecular weight excluding hydrogens is 310 g/mol. The van der Waals surface area contributed by atoms with Crippen molar-refractivity contribution in [3.63, 3.8) is 0 Å². The zero-order valence-electron chi connectivity index (χ0n) is 12.8. The van der Waals surface area contributed by atoms with Gasteiger partial charge in [-0.25, -0.2) is 33.6 Å². The molecule has 122 valence electrons. The van der Waals surface area contributed by atoms with Gasteiger partial charge in [-0.1, -0.05) is 17.7 Å². The van der Waals surface area contributed by atoms with Gasteiger partial charge >= 0.3 is 12.1 Å². The minimum atomic E-state index is -4.01. The molecule has 8 nitrogen and oxygen atoms in total. The lowest BCUT2D eigenvalue weighted by atomic mass is 10.2. The predicted molar refractivity (Wildman–Crippen MR) is 79.4 cm³/mol. The Morgan fingerprint density at radius 3 is 2.09 bits per heavy atom. The van der Waals surface area contributed by atoms with Crippen molar-refractivity contribution in [2.24, 2.45) is 0 Å². The van der Waals surface area contributed by atoms with E-state index in [2.05, 4.69) is 0 Å². The topological polar surface area (TPSA) is 114 Å². The van der Waals surface area contributed by atoms with Crippen LogP contribution >= 0.6 is 0 Å². The van der Waals surface area contributed by atoms with E-state index in [-0.39, 0.29) is 4.90 Å². The minimum Gasteiger partial charge on any atom is -0.443 e. The van der Waals surface area contributed by atoms with Crippen molar-refractivity contribution in [3.8, 4) is 0 Å². The summed E-state index contributed by atoms with van der Waals surface area (Å²) in [6.45, 7) is 6.75. The predicted octanol–water partition coefficient (Wildman–Crippen LogP) is 1.42. The molecule has 0 saturated carbocycles. The van der Waals surface area contributed by atoms with Crippen molar-refractivity contribution in [1.29, 1.82) is 0 Å². The van der Waals surface area contributed by atoms with Crippen LogP contribution < -0.4 is 15.6 Å². The van der Waals surface area contributed by atoms with E-state index < -0.39 is 27.7 Å². The molecule has 0 heterocycles. The van der Waals surface area contributed by atoms with Crippen LogP contribution in [-0.2, 0) is 14.8 Å². The number of ether oxygens (including phenoxy) is 1. The highest BCUT2D eigenvalue weighted by molar-refractivity contribution is 7.90. The number of benzene rings is 1. The van der Waals surface area contributed by atoms with Crippen LogP contribution in [0.4, 0.5) is 9.59 Å². The van der Waals surface area contributed by atoms with Crippen LogP contribution in [0.2, 0.25) is 0 Å². The van der Waals surface area contributed by atoms with Crippen LogP contribution in [0.25, 0.3) is 0 Å². The maximum absolute atomic E-state index is 11.9. The number of nitrogens with one attached hydrogen (secondary N) is 3. The average molecular weight is 329 g/mol. The van der Waals surface area contributed by atoms with Gasteiger partial charge in [0.25, 0.3) is 10.0 Å². The third-order valence-corrected chi connectivity index (χ3v) is 3.58. The van der Waals surface area contributed by atoms with Gasteiger partial charge in [0.15, 0.2) is 0 Å². The fourth-order valence-corrected chi connectivity index (χ4v) is 2.24. The minimum absolute atomic E-state index is 0.0643. The van der Waals surface area contributed by atoms with E-state index in [1.165, 1.54) is 12.1 Å². The van der Waals surface area contributed by atoms with E-state index in [0.29, 0.717) is 0 Å². The van der Waals surface area contributed by atoms with E-state index in [1.54, 1.807) is 44.5 Å². The zero-order valence-corrected chi connectivity index (χ0v) is 13.6. The summed E-state index contributed by atoms with van der Waals surface area (Å²) in [4.78, 5) is 22.7. The molecule has 0 aliphatic rings. The standard InChI is InChI=1S/C13H19N3O5S/c1-9-5-7-10(8-6-9)22(19,20)16-11(17)14-15-12(18)21-13(2,3)4/h5-8H,1-4H3,(H,15,18)(H2,14,16,17). The number of hydrazine groups is 1. The fraction of sp³-hybridized carbons (Fsp3) is 0.385. The normalized spacial score (nSPS) is 11.5. The number of sulfonamides is 1. The van der Waals surface area contributed by atoms with Gasteiger partial charge < -0.3 is 4.74 Å². The lowest BCUT2D eigenvalue weighted by Gasteiger charge is -2.19. The van der Waals surface area contributed by atoms with Gasteiger partial charge in [0.2, 0.25) is 0 Å². The number of urea groups is 1. The van der Waals surface area contributed by atoms with Gasteiger partial charge in [0.05, 0.1) is 4.90 Å². The second-order valence-corrected chi connectivity index (χ2v) is 7.18. The number of carbonyl (C=O) groups is 2. The van der Waals surface area contributed by atoms with Gasteiger partial charge in [0, 0.05) is 0 Å². The van der Waals surface area contributed by atoms with Crippen LogP contribution in [0.15, 0.2) is 29.2 Å². The monoisotopic (exact) mass is 329 g/mol. The third-order valence-electron chi connectivity index (χ3n) is 2.24. The largest absolute Gasteiger partial charge is 0.443 e. The summed E-state index contributed by atoms with van der Waals surface area (Å²) in [7, 11) is -4.01. The van der Waals surface area contributed by atoms with Crippen molar-refractivity contribution in [2.45, 2.75) is 38.2 Å². The molecule has 22 heavy (non-hydrogen) atoms. The summed E-state index contributed by atoms with van der Waals surface area (Å²) >= 11 is 0. The van der Waals surface area contributed by atoms with E-state index in [9.17, 15) is 18.0 Å². The van der Waals surface area contributed by atoms with Gasteiger partial charge in [-0.15, -0.1) is 0 Å². The van der Waals surface area contributed by atoms with E-state index in [4.69, 9.17) is 4.74 Å². The summed E-state index contributed by atoms with van der Waals surface area (Å²) in [5.41, 5.74) is 3.97. The molecule has 9 heteroatoms. The molecule has 1 aromatic rings. The number of rotatable bonds is 2. The summed E-state index contributed by atoms with van der Waals surface area (Å²) in [5.74, 6) is 0. The summed E-state index contributed by atoms with van der Waals surface area (Å²) in [6, 6.07) is 4.83. The molecule has 0 aliphatic heterocycles. The molecule has 0 radical (unpaired) electrons. The molecule has 0 spiro atoms. The Kier molecular flexibility index (Phi) is 5.37. The Balaban J connectivity index is 2.57. The molecule has 1 aromatic carbocycles. The number of aryl methyl sites for hydroxylation is 1. The molecule has 0 aromatic heterocycles. The second-order valence-electron chi connectivity index (χ2n) is 5.50. The Hall–Kier alpha value is -2.29. The third kappa shape index (κ3) is 6.00. The maximum Gasteiger partial charge on any atom is 0.426 e. The van der Waals surface area contributed by atoms with Crippen molar-refractivity contribution >= 4 is 22.1 Å². The van der Waals surface area contributed by atoms with Gasteiger partial charge in [-0.3, -0.25) is 0 Å². The molecule has 0 bridgehead atoms. The van der Waals surface area contributed by atoms with Crippen molar-refractivity contribution in [2.75, 3.05) is 0 Å². The molecule has 1 rings (SSSR count). The van der Waals surface area contributed by atoms with Crippen LogP contribution in [-0.4, -0.2) is 26.1 Å². The van der Waals surface area contributed by atoms with Crippen LogP contribution in [0, 0.1) is 6.92 Å². The highest BCUT2D eigenvalue weighted by atomic mass is 32.2. The quantitative estimate of drug-likeness (QED) is 0.710. The van der Waals surface area contributed by atoms with Gasteiger partial charge in [-0.05, 0) is 39.8 Å². The number of amides is 3. The highest BCUT2D eigenvalue weighted by Gasteiger charge is 2.19. The molecular formula is C13H19N3O5S. The molecule has 3 amide bonds. The first-order valence-corrected chi connectivity index (χ1v) is 7.86. The molecule has 0 atom stereocenters. The van der Waals surface area contributed by atoms with Crippen LogP contribution in [0.5, 0.6) is 0 Å². The first-order valence-electron chi connectivity index (χ1n) is 6.38.